The highest BCUT2D eigenvalue weighted by atomic mass is 16.7. The molecule has 0 unspecified atom stereocenters. The van der Waals surface area contributed by atoms with Crippen LogP contribution in [0, 0.1) is 13.8 Å². The van der Waals surface area contributed by atoms with Crippen LogP contribution in [0.4, 0.5) is 17.2 Å². The van der Waals surface area contributed by atoms with Crippen molar-refractivity contribution in [3.63, 3.8) is 0 Å². The molecule has 0 saturated carbocycles. The van der Waals surface area contributed by atoms with Gasteiger partial charge in [0.2, 0.25) is 6.79 Å². The molecule has 2 N–H and O–H groups in total. The van der Waals surface area contributed by atoms with E-state index in [1.807, 2.05) is 50.2 Å². The summed E-state index contributed by atoms with van der Waals surface area (Å²) in [5.41, 5.74) is 3.87. The number of carbonyl (C=O) groups excluding carboxylic acids is 1. The summed E-state index contributed by atoms with van der Waals surface area (Å²) >= 11 is 0. The molecule has 0 saturated heterocycles. The first kappa shape index (κ1) is 16.8. The maximum Gasteiger partial charge on any atom is 0.275 e. The second-order valence-electron chi connectivity index (χ2n) is 6.25. The number of fused-ring (bicyclic) bond motifs is 1. The molecule has 27 heavy (non-hydrogen) atoms. The van der Waals surface area contributed by atoms with Crippen molar-refractivity contribution in [3.8, 4) is 11.5 Å². The van der Waals surface area contributed by atoms with E-state index in [1.165, 1.54) is 12.4 Å². The maximum absolute atomic E-state index is 12.4. The van der Waals surface area contributed by atoms with Crippen LogP contribution in [-0.2, 0) is 0 Å². The molecule has 0 radical (unpaired) electrons. The zero-order valence-electron chi connectivity index (χ0n) is 14.9. The highest BCUT2D eigenvalue weighted by Crippen LogP contribution is 2.34. The average molecular weight is 362 g/mol. The smallest absolute Gasteiger partial charge is 0.275 e. The molecule has 1 aliphatic rings. The van der Waals surface area contributed by atoms with E-state index in [-0.39, 0.29) is 18.4 Å². The van der Waals surface area contributed by atoms with E-state index in [2.05, 4.69) is 20.6 Å². The second kappa shape index (κ2) is 6.95. The first-order valence-electron chi connectivity index (χ1n) is 8.46. The molecule has 0 aliphatic carbocycles. The van der Waals surface area contributed by atoms with Crippen LogP contribution in [0.1, 0.15) is 21.6 Å². The third-order valence-corrected chi connectivity index (χ3v) is 4.17. The number of nitrogens with one attached hydrogen (secondary N) is 2. The Hall–Kier alpha value is -3.61. The van der Waals surface area contributed by atoms with Crippen LogP contribution in [0.2, 0.25) is 0 Å². The van der Waals surface area contributed by atoms with Crippen LogP contribution < -0.4 is 20.1 Å². The molecule has 0 fully saturated rings. The molecule has 136 valence electrons. The number of carbonyl (C=O) groups is 1. The first-order valence-corrected chi connectivity index (χ1v) is 8.46. The van der Waals surface area contributed by atoms with Crippen molar-refractivity contribution in [2.75, 3.05) is 17.4 Å². The predicted molar refractivity (Wildman–Crippen MR) is 102 cm³/mol. The Morgan fingerprint density at radius 2 is 1.85 bits per heavy atom. The Balaban J connectivity index is 1.45. The van der Waals surface area contributed by atoms with E-state index in [0.717, 1.165) is 22.5 Å². The molecule has 0 bridgehead atoms. The monoisotopic (exact) mass is 362 g/mol. The molecule has 2 aromatic carbocycles. The summed E-state index contributed by atoms with van der Waals surface area (Å²) in [6.45, 7) is 4.15. The predicted octanol–water partition coefficient (Wildman–Crippen LogP) is 3.82. The van der Waals surface area contributed by atoms with Gasteiger partial charge in [0.1, 0.15) is 11.5 Å². The molecule has 1 aromatic heterocycles. The SMILES string of the molecule is Cc1ccc(C)c(NC(=O)c2cnc(Nc3ccc4c(c3)OCO4)cn2)c1. The Bertz CT molecular complexity index is 1000. The van der Waals surface area contributed by atoms with Crippen LogP contribution in [0.5, 0.6) is 11.5 Å². The average Bonchev–Trinajstić information content (AvgIpc) is 3.13. The van der Waals surface area contributed by atoms with Gasteiger partial charge >= 0.3 is 0 Å². The standard InChI is InChI=1S/C20H18N4O3/c1-12-3-4-13(2)15(7-12)24-20(25)16-9-22-19(10-21-16)23-14-5-6-17-18(8-14)27-11-26-17/h3-10H,11H2,1-2H3,(H,22,23)(H,24,25). The zero-order valence-corrected chi connectivity index (χ0v) is 14.9. The molecule has 1 amide bonds. The van der Waals surface area contributed by atoms with Crippen molar-refractivity contribution in [2.24, 2.45) is 0 Å². The molecule has 7 nitrogen and oxygen atoms in total. The minimum Gasteiger partial charge on any atom is -0.454 e. The van der Waals surface area contributed by atoms with Crippen LogP contribution in [-0.4, -0.2) is 22.7 Å². The number of hydrogen-bond donors (Lipinski definition) is 2. The topological polar surface area (TPSA) is 85.4 Å². The van der Waals surface area contributed by atoms with E-state index >= 15 is 0 Å². The maximum atomic E-state index is 12.4. The molecule has 2 heterocycles. The Labute approximate surface area is 156 Å². The third-order valence-electron chi connectivity index (χ3n) is 4.17. The van der Waals surface area contributed by atoms with Crippen LogP contribution in [0.15, 0.2) is 48.8 Å². The van der Waals surface area contributed by atoms with E-state index in [9.17, 15) is 4.79 Å². The lowest BCUT2D eigenvalue weighted by molar-refractivity contribution is 0.102. The quantitative estimate of drug-likeness (QED) is 0.734. The van der Waals surface area contributed by atoms with Gasteiger partial charge in [-0.25, -0.2) is 9.97 Å². The van der Waals surface area contributed by atoms with E-state index in [4.69, 9.17) is 9.47 Å². The first-order chi connectivity index (χ1) is 13.1. The zero-order chi connectivity index (χ0) is 18.8. The van der Waals surface area contributed by atoms with Gasteiger partial charge in [0.15, 0.2) is 11.5 Å². The Morgan fingerprint density at radius 1 is 1.00 bits per heavy atom. The van der Waals surface area contributed by atoms with Crippen molar-refractivity contribution in [3.05, 3.63) is 65.6 Å². The molecule has 3 aromatic rings. The van der Waals surface area contributed by atoms with E-state index in [1.54, 1.807) is 0 Å². The Kier molecular flexibility index (Phi) is 4.33. The largest absolute Gasteiger partial charge is 0.454 e. The molecule has 0 spiro atoms. The molecular formula is C20H18N4O3. The summed E-state index contributed by atoms with van der Waals surface area (Å²) in [5.74, 6) is 1.62. The summed E-state index contributed by atoms with van der Waals surface area (Å²) in [6, 6.07) is 11.4. The van der Waals surface area contributed by atoms with Crippen molar-refractivity contribution in [1.29, 1.82) is 0 Å². The number of aromatic nitrogens is 2. The fourth-order valence-electron chi connectivity index (χ4n) is 2.69. The fraction of sp³-hybridized carbons (Fsp3) is 0.150. The van der Waals surface area contributed by atoms with Crippen molar-refractivity contribution in [2.45, 2.75) is 13.8 Å². The van der Waals surface area contributed by atoms with Crippen LogP contribution in [0.3, 0.4) is 0 Å². The lowest BCUT2D eigenvalue weighted by atomic mass is 10.1. The number of amides is 1. The van der Waals surface area contributed by atoms with Crippen molar-refractivity contribution >= 4 is 23.1 Å². The van der Waals surface area contributed by atoms with Gasteiger partial charge in [-0.3, -0.25) is 4.79 Å². The van der Waals surface area contributed by atoms with Gasteiger partial charge in [-0.1, -0.05) is 12.1 Å². The summed E-state index contributed by atoms with van der Waals surface area (Å²) in [6.07, 6.45) is 2.96. The lowest BCUT2D eigenvalue weighted by Gasteiger charge is -2.10. The van der Waals surface area contributed by atoms with Crippen molar-refractivity contribution < 1.29 is 14.3 Å². The molecule has 1 aliphatic heterocycles. The molecule has 4 rings (SSSR count). The summed E-state index contributed by atoms with van der Waals surface area (Å²) < 4.78 is 10.6. The number of hydrogen-bond acceptors (Lipinski definition) is 6. The lowest BCUT2D eigenvalue weighted by Crippen LogP contribution is -2.15. The van der Waals surface area contributed by atoms with Crippen LogP contribution in [0.25, 0.3) is 0 Å². The minimum atomic E-state index is -0.300. The van der Waals surface area contributed by atoms with Gasteiger partial charge in [0.05, 0.1) is 12.4 Å². The van der Waals surface area contributed by atoms with E-state index < -0.39 is 0 Å². The number of aryl methyl sites for hydroxylation is 2. The second-order valence-corrected chi connectivity index (χ2v) is 6.25. The summed E-state index contributed by atoms with van der Waals surface area (Å²) in [4.78, 5) is 20.9. The molecule has 0 atom stereocenters. The fourth-order valence-corrected chi connectivity index (χ4v) is 2.69. The minimum absolute atomic E-state index is 0.225. The van der Waals surface area contributed by atoms with Crippen LogP contribution >= 0.6 is 0 Å². The molecular weight excluding hydrogens is 344 g/mol. The number of ether oxygens (including phenoxy) is 2. The number of anilines is 3. The van der Waals surface area contributed by atoms with Gasteiger partial charge in [-0.2, -0.15) is 0 Å². The van der Waals surface area contributed by atoms with Gasteiger partial charge in [0, 0.05) is 17.4 Å². The number of nitrogens with zero attached hydrogens (tertiary/aromatic N) is 2. The number of benzene rings is 2. The highest BCUT2D eigenvalue weighted by molar-refractivity contribution is 6.03. The molecule has 7 heteroatoms. The summed E-state index contributed by atoms with van der Waals surface area (Å²) in [5, 5.41) is 6.00. The summed E-state index contributed by atoms with van der Waals surface area (Å²) in [7, 11) is 0. The van der Waals surface area contributed by atoms with Gasteiger partial charge in [-0.05, 0) is 43.2 Å². The van der Waals surface area contributed by atoms with Gasteiger partial charge < -0.3 is 20.1 Å². The third kappa shape index (κ3) is 3.67. The van der Waals surface area contributed by atoms with E-state index in [0.29, 0.717) is 17.3 Å². The van der Waals surface area contributed by atoms with Gasteiger partial charge in [0.25, 0.3) is 5.91 Å². The normalized spacial score (nSPS) is 11.9. The van der Waals surface area contributed by atoms with Crippen molar-refractivity contribution in [1.82, 2.24) is 9.97 Å². The van der Waals surface area contributed by atoms with Gasteiger partial charge in [-0.15, -0.1) is 0 Å². The Morgan fingerprint density at radius 3 is 2.67 bits per heavy atom. The number of rotatable bonds is 4. The highest BCUT2D eigenvalue weighted by Gasteiger charge is 2.14.